The van der Waals surface area contributed by atoms with E-state index in [1.807, 2.05) is 6.07 Å². The molecule has 1 heterocycles. The number of hydrogen-bond acceptors (Lipinski definition) is 3. The van der Waals surface area contributed by atoms with Crippen LogP contribution in [0.1, 0.15) is 5.56 Å². The maximum atomic E-state index is 13.1. The Labute approximate surface area is 117 Å². The molecule has 0 fully saturated rings. The van der Waals surface area contributed by atoms with Gasteiger partial charge in [0, 0.05) is 5.56 Å². The fourth-order valence-electron chi connectivity index (χ4n) is 1.76. The van der Waals surface area contributed by atoms with E-state index < -0.39 is 0 Å². The van der Waals surface area contributed by atoms with Crippen LogP contribution < -0.4 is 0 Å². The molecule has 3 rings (SSSR count). The van der Waals surface area contributed by atoms with Gasteiger partial charge in [0.05, 0.1) is 20.8 Å². The van der Waals surface area contributed by atoms with Crippen molar-refractivity contribution in [1.82, 2.24) is 4.98 Å². The van der Waals surface area contributed by atoms with E-state index in [4.69, 9.17) is 16.9 Å². The summed E-state index contributed by atoms with van der Waals surface area (Å²) in [6.45, 7) is 0. The maximum absolute atomic E-state index is 13.1. The van der Waals surface area contributed by atoms with Crippen molar-refractivity contribution in [3.8, 4) is 16.6 Å². The van der Waals surface area contributed by atoms with Crippen LogP contribution in [0.15, 0.2) is 36.4 Å². The molecule has 0 aliphatic heterocycles. The zero-order chi connectivity index (χ0) is 13.4. The van der Waals surface area contributed by atoms with Gasteiger partial charge in [-0.25, -0.2) is 9.37 Å². The summed E-state index contributed by atoms with van der Waals surface area (Å²) >= 11 is 7.39. The van der Waals surface area contributed by atoms with Crippen molar-refractivity contribution in [3.63, 3.8) is 0 Å². The van der Waals surface area contributed by atoms with Gasteiger partial charge in [-0.05, 0) is 30.3 Å². The van der Waals surface area contributed by atoms with Crippen molar-refractivity contribution in [3.05, 3.63) is 52.8 Å². The van der Waals surface area contributed by atoms with Crippen molar-refractivity contribution in [2.75, 3.05) is 0 Å². The molecule has 92 valence electrons. The topological polar surface area (TPSA) is 36.7 Å². The second kappa shape index (κ2) is 4.61. The van der Waals surface area contributed by atoms with Gasteiger partial charge in [0.1, 0.15) is 16.9 Å². The third-order valence-corrected chi connectivity index (χ3v) is 4.07. The molecule has 19 heavy (non-hydrogen) atoms. The standard InChI is InChI=1S/C14H6ClFN2S/c15-11-5-8(1-2-9(11)7-17)14-18-12-4-3-10(16)6-13(12)19-14/h1-6H. The summed E-state index contributed by atoms with van der Waals surface area (Å²) in [4.78, 5) is 4.43. The van der Waals surface area contributed by atoms with E-state index in [0.29, 0.717) is 10.6 Å². The first-order chi connectivity index (χ1) is 9.17. The first-order valence-corrected chi connectivity index (χ1v) is 6.63. The number of benzene rings is 2. The zero-order valence-corrected chi connectivity index (χ0v) is 11.1. The molecule has 0 N–H and O–H groups in total. The van der Waals surface area contributed by atoms with E-state index in [2.05, 4.69) is 4.98 Å². The minimum absolute atomic E-state index is 0.277. The number of nitrogens with zero attached hydrogens (tertiary/aromatic N) is 2. The minimum Gasteiger partial charge on any atom is -0.236 e. The molecular formula is C14H6ClFN2S. The number of aromatic nitrogens is 1. The zero-order valence-electron chi connectivity index (χ0n) is 9.52. The first kappa shape index (κ1) is 12.1. The van der Waals surface area contributed by atoms with Crippen LogP contribution in [0.3, 0.4) is 0 Å². The van der Waals surface area contributed by atoms with Crippen molar-refractivity contribution < 1.29 is 4.39 Å². The molecular weight excluding hydrogens is 283 g/mol. The molecule has 0 radical (unpaired) electrons. The lowest BCUT2D eigenvalue weighted by Crippen LogP contribution is -1.80. The van der Waals surface area contributed by atoms with Crippen molar-refractivity contribution in [1.29, 1.82) is 5.26 Å². The Morgan fingerprint density at radius 2 is 2.05 bits per heavy atom. The van der Waals surface area contributed by atoms with Gasteiger partial charge in [0.2, 0.25) is 0 Å². The highest BCUT2D eigenvalue weighted by molar-refractivity contribution is 7.21. The Hall–Kier alpha value is -1.96. The van der Waals surface area contributed by atoms with E-state index in [9.17, 15) is 4.39 Å². The van der Waals surface area contributed by atoms with E-state index in [-0.39, 0.29) is 5.82 Å². The molecule has 2 aromatic carbocycles. The first-order valence-electron chi connectivity index (χ1n) is 5.43. The van der Waals surface area contributed by atoms with Gasteiger partial charge < -0.3 is 0 Å². The highest BCUT2D eigenvalue weighted by Crippen LogP contribution is 2.32. The number of nitriles is 1. The number of rotatable bonds is 1. The number of fused-ring (bicyclic) bond motifs is 1. The van der Waals surface area contributed by atoms with Gasteiger partial charge in [-0.2, -0.15) is 5.26 Å². The monoisotopic (exact) mass is 288 g/mol. The van der Waals surface area contributed by atoms with Gasteiger partial charge in [-0.15, -0.1) is 11.3 Å². The van der Waals surface area contributed by atoms with Crippen molar-refractivity contribution in [2.45, 2.75) is 0 Å². The van der Waals surface area contributed by atoms with Gasteiger partial charge >= 0.3 is 0 Å². The second-order valence-corrected chi connectivity index (χ2v) is 5.38. The summed E-state index contributed by atoms with van der Waals surface area (Å²) in [5.41, 5.74) is 2.00. The SMILES string of the molecule is N#Cc1ccc(-c2nc3ccc(F)cc3s2)cc1Cl. The Bertz CT molecular complexity index is 820. The number of halogens is 2. The molecule has 3 aromatic rings. The smallest absolute Gasteiger partial charge is 0.124 e. The Balaban J connectivity index is 2.14. The predicted octanol–water partition coefficient (Wildman–Crippen LogP) is 4.63. The summed E-state index contributed by atoms with van der Waals surface area (Å²) in [6.07, 6.45) is 0. The molecule has 2 nitrogen and oxygen atoms in total. The van der Waals surface area contributed by atoms with E-state index in [1.54, 1.807) is 24.3 Å². The second-order valence-electron chi connectivity index (χ2n) is 3.94. The molecule has 5 heteroatoms. The third-order valence-electron chi connectivity index (χ3n) is 2.69. The summed E-state index contributed by atoms with van der Waals surface area (Å²) < 4.78 is 13.9. The molecule has 0 atom stereocenters. The van der Waals surface area contributed by atoms with Crippen molar-refractivity contribution >= 4 is 33.2 Å². The number of thiazole rings is 1. The van der Waals surface area contributed by atoms with Crippen LogP contribution in [-0.4, -0.2) is 4.98 Å². The van der Waals surface area contributed by atoms with Crippen LogP contribution in [0, 0.1) is 17.1 Å². The predicted molar refractivity (Wildman–Crippen MR) is 74.7 cm³/mol. The molecule has 0 spiro atoms. The summed E-state index contributed by atoms with van der Waals surface area (Å²) in [5, 5.41) is 9.99. The van der Waals surface area contributed by atoms with Gasteiger partial charge in [0.15, 0.2) is 0 Å². The molecule has 0 aliphatic rings. The molecule has 0 unspecified atom stereocenters. The molecule has 0 bridgehead atoms. The summed E-state index contributed by atoms with van der Waals surface area (Å²) in [6, 6.07) is 11.7. The minimum atomic E-state index is -0.277. The van der Waals surface area contributed by atoms with Crippen LogP contribution in [0.2, 0.25) is 5.02 Å². The van der Waals surface area contributed by atoms with Crippen LogP contribution in [0.4, 0.5) is 4.39 Å². The van der Waals surface area contributed by atoms with E-state index >= 15 is 0 Å². The fourth-order valence-corrected chi connectivity index (χ4v) is 2.97. The van der Waals surface area contributed by atoms with Crippen LogP contribution in [-0.2, 0) is 0 Å². The lowest BCUT2D eigenvalue weighted by atomic mass is 10.1. The average molecular weight is 289 g/mol. The van der Waals surface area contributed by atoms with Crippen LogP contribution >= 0.6 is 22.9 Å². The van der Waals surface area contributed by atoms with Crippen LogP contribution in [0.25, 0.3) is 20.8 Å². The summed E-state index contributed by atoms with van der Waals surface area (Å²) in [5.74, 6) is -0.277. The third kappa shape index (κ3) is 2.19. The summed E-state index contributed by atoms with van der Waals surface area (Å²) in [7, 11) is 0. The van der Waals surface area contributed by atoms with Crippen LogP contribution in [0.5, 0.6) is 0 Å². The molecule has 1 aromatic heterocycles. The molecule has 0 aliphatic carbocycles. The quantitative estimate of drug-likeness (QED) is 0.655. The fraction of sp³-hybridized carbons (Fsp3) is 0. The van der Waals surface area contributed by atoms with Crippen molar-refractivity contribution in [2.24, 2.45) is 0 Å². The average Bonchev–Trinajstić information content (AvgIpc) is 2.81. The van der Waals surface area contributed by atoms with Gasteiger partial charge in [-0.3, -0.25) is 0 Å². The Kier molecular flexibility index (Phi) is 2.94. The van der Waals surface area contributed by atoms with E-state index in [1.165, 1.54) is 23.5 Å². The lowest BCUT2D eigenvalue weighted by Gasteiger charge is -1.98. The number of hydrogen-bond donors (Lipinski definition) is 0. The Morgan fingerprint density at radius 3 is 2.79 bits per heavy atom. The normalized spacial score (nSPS) is 10.6. The largest absolute Gasteiger partial charge is 0.236 e. The molecule has 0 saturated carbocycles. The maximum Gasteiger partial charge on any atom is 0.124 e. The van der Waals surface area contributed by atoms with E-state index in [0.717, 1.165) is 20.8 Å². The highest BCUT2D eigenvalue weighted by Gasteiger charge is 2.09. The lowest BCUT2D eigenvalue weighted by molar-refractivity contribution is 0.630. The molecule has 0 saturated heterocycles. The highest BCUT2D eigenvalue weighted by atomic mass is 35.5. The Morgan fingerprint density at radius 1 is 1.21 bits per heavy atom. The van der Waals surface area contributed by atoms with Gasteiger partial charge in [-0.1, -0.05) is 17.7 Å². The molecule has 0 amide bonds. The van der Waals surface area contributed by atoms with Gasteiger partial charge in [0.25, 0.3) is 0 Å².